The Morgan fingerprint density at radius 3 is 2.14 bits per heavy atom. The van der Waals surface area contributed by atoms with E-state index in [4.69, 9.17) is 11.6 Å². The van der Waals surface area contributed by atoms with E-state index in [1.165, 1.54) is 16.7 Å². The molecule has 2 amide bonds. The first-order valence-electron chi connectivity index (χ1n) is 9.18. The Bertz CT molecular complexity index is 1090. The highest BCUT2D eigenvalue weighted by molar-refractivity contribution is 8.04. The average Bonchev–Trinajstić information content (AvgIpc) is 2.96. The molecular formula is C24H18ClNO2S. The molecule has 5 heteroatoms. The van der Waals surface area contributed by atoms with Crippen LogP contribution < -0.4 is 0 Å². The van der Waals surface area contributed by atoms with Crippen LogP contribution >= 0.6 is 23.4 Å². The molecule has 0 fully saturated rings. The third-order valence-electron chi connectivity index (χ3n) is 4.68. The van der Waals surface area contributed by atoms with Crippen LogP contribution in [-0.2, 0) is 16.1 Å². The zero-order valence-corrected chi connectivity index (χ0v) is 17.3. The maximum atomic E-state index is 13.3. The van der Waals surface area contributed by atoms with Crippen LogP contribution in [0.1, 0.15) is 16.7 Å². The summed E-state index contributed by atoms with van der Waals surface area (Å²) in [6, 6.07) is 24.5. The van der Waals surface area contributed by atoms with Gasteiger partial charge in [0, 0.05) is 9.92 Å². The second kappa shape index (κ2) is 8.27. The Morgan fingerprint density at radius 1 is 0.828 bits per heavy atom. The van der Waals surface area contributed by atoms with Crippen molar-refractivity contribution in [3.63, 3.8) is 0 Å². The molecule has 29 heavy (non-hydrogen) atoms. The smallest absolute Gasteiger partial charge is 0.268 e. The Kier molecular flexibility index (Phi) is 5.56. The zero-order valence-electron chi connectivity index (χ0n) is 15.8. The van der Waals surface area contributed by atoms with E-state index in [0.29, 0.717) is 15.5 Å². The van der Waals surface area contributed by atoms with Crippen LogP contribution in [0.5, 0.6) is 0 Å². The van der Waals surface area contributed by atoms with E-state index in [2.05, 4.69) is 0 Å². The lowest BCUT2D eigenvalue weighted by molar-refractivity contribution is -0.137. The maximum Gasteiger partial charge on any atom is 0.268 e. The molecule has 4 rings (SSSR count). The summed E-state index contributed by atoms with van der Waals surface area (Å²) in [4.78, 5) is 29.1. The fraction of sp³-hybridized carbons (Fsp3) is 0.0833. The number of hydrogen-bond donors (Lipinski definition) is 0. The van der Waals surface area contributed by atoms with Gasteiger partial charge in [0.2, 0.25) is 0 Å². The van der Waals surface area contributed by atoms with Gasteiger partial charge < -0.3 is 0 Å². The Labute approximate surface area is 179 Å². The molecule has 1 heterocycles. The molecule has 0 atom stereocenters. The largest absolute Gasteiger partial charge is 0.269 e. The molecule has 144 valence electrons. The number of hydrogen-bond acceptors (Lipinski definition) is 3. The molecule has 3 aromatic carbocycles. The zero-order chi connectivity index (χ0) is 20.4. The van der Waals surface area contributed by atoms with Crippen molar-refractivity contribution in [2.24, 2.45) is 0 Å². The van der Waals surface area contributed by atoms with Crippen LogP contribution in [0.4, 0.5) is 0 Å². The summed E-state index contributed by atoms with van der Waals surface area (Å²) < 4.78 is 0. The van der Waals surface area contributed by atoms with Crippen LogP contribution in [0, 0.1) is 6.92 Å². The van der Waals surface area contributed by atoms with Crippen molar-refractivity contribution in [2.75, 3.05) is 0 Å². The SMILES string of the molecule is Cc1ccc(CN2C(=O)C(Sc3ccc(Cl)cc3)=C(c3ccccc3)C2=O)cc1. The summed E-state index contributed by atoms with van der Waals surface area (Å²) in [6.07, 6.45) is 0. The van der Waals surface area contributed by atoms with Crippen molar-refractivity contribution in [1.29, 1.82) is 0 Å². The van der Waals surface area contributed by atoms with Crippen molar-refractivity contribution >= 4 is 40.8 Å². The molecule has 0 spiro atoms. The normalized spacial score (nSPS) is 14.1. The molecule has 0 bridgehead atoms. The first kappa shape index (κ1) is 19.5. The van der Waals surface area contributed by atoms with Gasteiger partial charge in [-0.2, -0.15) is 0 Å². The number of rotatable bonds is 5. The average molecular weight is 420 g/mol. The molecule has 0 unspecified atom stereocenters. The standard InChI is InChI=1S/C24H18ClNO2S/c1-16-7-9-17(10-8-16)15-26-23(27)21(18-5-3-2-4-6-18)22(24(26)28)29-20-13-11-19(25)12-14-20/h2-14H,15H2,1H3. The van der Waals surface area contributed by atoms with Crippen LogP contribution in [0.2, 0.25) is 5.02 Å². The molecule has 0 radical (unpaired) electrons. The van der Waals surface area contributed by atoms with Crippen molar-refractivity contribution < 1.29 is 9.59 Å². The first-order chi connectivity index (χ1) is 14.0. The van der Waals surface area contributed by atoms with Gasteiger partial charge in [-0.1, -0.05) is 83.5 Å². The molecule has 3 nitrogen and oxygen atoms in total. The van der Waals surface area contributed by atoms with E-state index >= 15 is 0 Å². The van der Waals surface area contributed by atoms with Gasteiger partial charge in [-0.05, 0) is 42.3 Å². The molecule has 1 aliphatic heterocycles. The Balaban J connectivity index is 1.71. The number of carbonyl (C=O) groups is 2. The molecule has 0 saturated carbocycles. The van der Waals surface area contributed by atoms with Gasteiger partial charge in [0.05, 0.1) is 17.0 Å². The third kappa shape index (κ3) is 4.14. The summed E-state index contributed by atoms with van der Waals surface area (Å²) in [7, 11) is 0. The van der Waals surface area contributed by atoms with Crippen molar-refractivity contribution in [3.05, 3.63) is 105 Å². The summed E-state index contributed by atoms with van der Waals surface area (Å²) in [5.41, 5.74) is 3.24. The number of nitrogens with zero attached hydrogens (tertiary/aromatic N) is 1. The van der Waals surface area contributed by atoms with Gasteiger partial charge >= 0.3 is 0 Å². The van der Waals surface area contributed by atoms with E-state index in [-0.39, 0.29) is 18.4 Å². The highest BCUT2D eigenvalue weighted by Gasteiger charge is 2.39. The van der Waals surface area contributed by atoms with Gasteiger partial charge in [-0.15, -0.1) is 0 Å². The molecule has 0 saturated heterocycles. The molecular weight excluding hydrogens is 402 g/mol. The fourth-order valence-electron chi connectivity index (χ4n) is 3.15. The predicted octanol–water partition coefficient (Wildman–Crippen LogP) is 5.72. The highest BCUT2D eigenvalue weighted by Crippen LogP contribution is 2.40. The van der Waals surface area contributed by atoms with E-state index in [1.54, 1.807) is 12.1 Å². The van der Waals surface area contributed by atoms with Crippen LogP contribution in [0.25, 0.3) is 5.57 Å². The number of halogens is 1. The highest BCUT2D eigenvalue weighted by atomic mass is 35.5. The lowest BCUT2D eigenvalue weighted by atomic mass is 10.1. The minimum atomic E-state index is -0.269. The van der Waals surface area contributed by atoms with Gasteiger partial charge in [-0.3, -0.25) is 14.5 Å². The van der Waals surface area contributed by atoms with Crippen molar-refractivity contribution in [1.82, 2.24) is 4.90 Å². The second-order valence-corrected chi connectivity index (χ2v) is 8.33. The lowest BCUT2D eigenvalue weighted by Crippen LogP contribution is -2.30. The summed E-state index contributed by atoms with van der Waals surface area (Å²) in [6.45, 7) is 2.25. The Morgan fingerprint density at radius 2 is 1.48 bits per heavy atom. The molecule has 0 aliphatic carbocycles. The summed E-state index contributed by atoms with van der Waals surface area (Å²) >= 11 is 7.28. The minimum absolute atomic E-state index is 0.249. The maximum absolute atomic E-state index is 13.3. The second-order valence-electron chi connectivity index (χ2n) is 6.81. The van der Waals surface area contributed by atoms with Crippen LogP contribution in [0.3, 0.4) is 0 Å². The molecule has 1 aliphatic rings. The van der Waals surface area contributed by atoms with Gasteiger partial charge in [0.25, 0.3) is 11.8 Å². The number of imide groups is 1. The van der Waals surface area contributed by atoms with Crippen LogP contribution in [0.15, 0.2) is 88.7 Å². The summed E-state index contributed by atoms with van der Waals surface area (Å²) in [5.74, 6) is -0.535. The van der Waals surface area contributed by atoms with Crippen LogP contribution in [-0.4, -0.2) is 16.7 Å². The number of carbonyl (C=O) groups excluding carboxylic acids is 2. The predicted molar refractivity (Wildman–Crippen MR) is 117 cm³/mol. The molecule has 0 N–H and O–H groups in total. The lowest BCUT2D eigenvalue weighted by Gasteiger charge is -2.15. The number of amides is 2. The third-order valence-corrected chi connectivity index (χ3v) is 6.03. The number of benzene rings is 3. The monoisotopic (exact) mass is 419 g/mol. The van der Waals surface area contributed by atoms with E-state index < -0.39 is 0 Å². The molecule has 0 aromatic heterocycles. The number of thioether (sulfide) groups is 1. The van der Waals surface area contributed by atoms with Gasteiger partial charge in [-0.25, -0.2) is 0 Å². The van der Waals surface area contributed by atoms with E-state index in [9.17, 15) is 9.59 Å². The number of aryl methyl sites for hydroxylation is 1. The topological polar surface area (TPSA) is 37.4 Å². The van der Waals surface area contributed by atoms with Gasteiger partial charge in [0.1, 0.15) is 0 Å². The van der Waals surface area contributed by atoms with E-state index in [0.717, 1.165) is 21.6 Å². The van der Waals surface area contributed by atoms with Crippen molar-refractivity contribution in [3.8, 4) is 0 Å². The Hall–Kier alpha value is -2.82. The fourth-order valence-corrected chi connectivity index (χ4v) is 4.29. The van der Waals surface area contributed by atoms with E-state index in [1.807, 2.05) is 73.7 Å². The quantitative estimate of drug-likeness (QED) is 0.496. The molecule has 3 aromatic rings. The van der Waals surface area contributed by atoms with Gasteiger partial charge in [0.15, 0.2) is 0 Å². The first-order valence-corrected chi connectivity index (χ1v) is 10.4. The van der Waals surface area contributed by atoms with Crippen molar-refractivity contribution in [2.45, 2.75) is 18.4 Å². The summed E-state index contributed by atoms with van der Waals surface area (Å²) in [5, 5.41) is 0.626. The minimum Gasteiger partial charge on any atom is -0.269 e.